The van der Waals surface area contributed by atoms with Crippen LogP contribution in [0.3, 0.4) is 0 Å². The van der Waals surface area contributed by atoms with Gasteiger partial charge in [0.1, 0.15) is 0 Å². The predicted molar refractivity (Wildman–Crippen MR) is 111 cm³/mol. The molecule has 2 aromatic carbocycles. The first-order chi connectivity index (χ1) is 12.9. The van der Waals surface area contributed by atoms with Gasteiger partial charge in [0.15, 0.2) is 6.61 Å². The number of ether oxygens (including phenoxy) is 1. The second-order valence-electron chi connectivity index (χ2n) is 5.98. The van der Waals surface area contributed by atoms with E-state index in [1.54, 1.807) is 12.1 Å². The van der Waals surface area contributed by atoms with Crippen molar-refractivity contribution in [1.29, 1.82) is 0 Å². The third-order valence-electron chi connectivity index (χ3n) is 3.67. The average molecular weight is 426 g/mol. The van der Waals surface area contributed by atoms with Crippen LogP contribution in [0.2, 0.25) is 10.0 Å². The highest BCUT2D eigenvalue weighted by Crippen LogP contribution is 2.21. The number of thioether (sulfide) groups is 1. The fourth-order valence-electron chi connectivity index (χ4n) is 2.35. The van der Waals surface area contributed by atoms with Gasteiger partial charge < -0.3 is 10.1 Å². The number of hydrogen-bond acceptors (Lipinski definition) is 4. The number of amides is 1. The Morgan fingerprint density at radius 1 is 1.15 bits per heavy atom. The molecule has 2 aromatic rings. The Hall–Kier alpha value is -1.69. The Balaban J connectivity index is 1.59. The van der Waals surface area contributed by atoms with Crippen molar-refractivity contribution >= 4 is 46.8 Å². The minimum Gasteiger partial charge on any atom is -0.455 e. The van der Waals surface area contributed by atoms with Gasteiger partial charge in [0.05, 0.1) is 5.75 Å². The molecule has 0 heterocycles. The largest absolute Gasteiger partial charge is 0.455 e. The van der Waals surface area contributed by atoms with E-state index < -0.39 is 5.97 Å². The van der Waals surface area contributed by atoms with Crippen LogP contribution in [0.5, 0.6) is 0 Å². The summed E-state index contributed by atoms with van der Waals surface area (Å²) in [6.45, 7) is 2.15. The zero-order valence-electron chi connectivity index (χ0n) is 15.0. The molecule has 0 bridgehead atoms. The quantitative estimate of drug-likeness (QED) is 0.603. The van der Waals surface area contributed by atoms with Crippen molar-refractivity contribution in [3.8, 4) is 0 Å². The minimum atomic E-state index is -0.399. The third kappa shape index (κ3) is 8.24. The number of carbonyl (C=O) groups excluding carboxylic acids is 2. The van der Waals surface area contributed by atoms with Crippen LogP contribution >= 0.6 is 35.0 Å². The van der Waals surface area contributed by atoms with E-state index in [9.17, 15) is 9.59 Å². The minimum absolute atomic E-state index is 0.210. The van der Waals surface area contributed by atoms with E-state index >= 15 is 0 Å². The number of nitrogens with one attached hydrogen (secondary N) is 1. The molecule has 0 aliphatic carbocycles. The summed E-state index contributed by atoms with van der Waals surface area (Å²) < 4.78 is 4.99. The number of hydrogen-bond donors (Lipinski definition) is 1. The monoisotopic (exact) mass is 425 g/mol. The van der Waals surface area contributed by atoms with Crippen molar-refractivity contribution in [1.82, 2.24) is 5.32 Å². The maximum Gasteiger partial charge on any atom is 0.316 e. The van der Waals surface area contributed by atoms with Gasteiger partial charge in [-0.1, -0.05) is 59.1 Å². The van der Waals surface area contributed by atoms with Crippen molar-refractivity contribution in [3.05, 3.63) is 69.2 Å². The SMILES string of the molecule is Cc1cccc(CSCC(=O)OCC(=O)NCCc2ccc(Cl)cc2Cl)c1. The van der Waals surface area contributed by atoms with Gasteiger partial charge in [-0.2, -0.15) is 0 Å². The van der Waals surface area contributed by atoms with E-state index in [4.69, 9.17) is 27.9 Å². The molecular formula is C20H21Cl2NO3S. The molecule has 0 saturated heterocycles. The topological polar surface area (TPSA) is 55.4 Å². The molecule has 7 heteroatoms. The van der Waals surface area contributed by atoms with Crippen LogP contribution in [0.15, 0.2) is 42.5 Å². The molecule has 0 atom stereocenters. The van der Waals surface area contributed by atoms with Crippen LogP contribution in [-0.2, 0) is 26.5 Å². The van der Waals surface area contributed by atoms with Crippen LogP contribution in [0, 0.1) is 6.92 Å². The van der Waals surface area contributed by atoms with Crippen LogP contribution in [0.1, 0.15) is 16.7 Å². The second kappa shape index (κ2) is 11.2. The molecule has 144 valence electrons. The van der Waals surface area contributed by atoms with Crippen molar-refractivity contribution in [3.63, 3.8) is 0 Å². The summed E-state index contributed by atoms with van der Waals surface area (Å²) in [4.78, 5) is 23.5. The number of rotatable bonds is 9. The van der Waals surface area contributed by atoms with E-state index in [0.29, 0.717) is 23.0 Å². The average Bonchev–Trinajstić information content (AvgIpc) is 2.62. The zero-order valence-corrected chi connectivity index (χ0v) is 17.3. The molecule has 0 unspecified atom stereocenters. The Bertz CT molecular complexity index is 799. The first kappa shape index (κ1) is 21.6. The molecule has 27 heavy (non-hydrogen) atoms. The van der Waals surface area contributed by atoms with Gasteiger partial charge in [-0.05, 0) is 36.6 Å². The van der Waals surface area contributed by atoms with E-state index in [-0.39, 0.29) is 18.3 Å². The highest BCUT2D eigenvalue weighted by molar-refractivity contribution is 7.99. The van der Waals surface area contributed by atoms with Gasteiger partial charge in [0.25, 0.3) is 5.91 Å². The van der Waals surface area contributed by atoms with E-state index in [1.807, 2.05) is 31.2 Å². The lowest BCUT2D eigenvalue weighted by atomic mass is 10.1. The molecule has 1 amide bonds. The summed E-state index contributed by atoms with van der Waals surface area (Å²) >= 11 is 13.4. The van der Waals surface area contributed by atoms with Gasteiger partial charge in [0.2, 0.25) is 0 Å². The van der Waals surface area contributed by atoms with Gasteiger partial charge in [-0.15, -0.1) is 11.8 Å². The molecule has 0 saturated carbocycles. The fourth-order valence-corrected chi connectivity index (χ4v) is 3.62. The van der Waals surface area contributed by atoms with Crippen molar-refractivity contribution < 1.29 is 14.3 Å². The highest BCUT2D eigenvalue weighted by Gasteiger charge is 2.08. The molecular weight excluding hydrogens is 405 g/mol. The molecule has 0 aliphatic heterocycles. The Morgan fingerprint density at radius 3 is 2.70 bits per heavy atom. The van der Waals surface area contributed by atoms with Gasteiger partial charge in [-0.3, -0.25) is 9.59 Å². The number of aryl methyl sites for hydroxylation is 1. The maximum atomic E-state index is 11.8. The highest BCUT2D eigenvalue weighted by atomic mass is 35.5. The molecule has 2 rings (SSSR count). The standard InChI is InChI=1S/C20H21Cl2NO3S/c1-14-3-2-4-15(9-14)12-27-13-20(25)26-11-19(24)23-8-7-16-5-6-17(21)10-18(16)22/h2-6,9-10H,7-8,11-13H2,1H3,(H,23,24). The number of halogens is 2. The molecule has 0 aromatic heterocycles. The lowest BCUT2D eigenvalue weighted by molar-refractivity contribution is -0.145. The lowest BCUT2D eigenvalue weighted by Crippen LogP contribution is -2.30. The van der Waals surface area contributed by atoms with Gasteiger partial charge >= 0.3 is 5.97 Å². The lowest BCUT2D eigenvalue weighted by Gasteiger charge is -2.08. The number of esters is 1. The summed E-state index contributed by atoms with van der Waals surface area (Å²) in [6, 6.07) is 13.4. The maximum absolute atomic E-state index is 11.8. The van der Waals surface area contributed by atoms with Crippen LogP contribution in [-0.4, -0.2) is 30.8 Å². The summed E-state index contributed by atoms with van der Waals surface area (Å²) in [5.41, 5.74) is 3.24. The first-order valence-corrected chi connectivity index (χ1v) is 10.3. The summed E-state index contributed by atoms with van der Waals surface area (Å²) in [5, 5.41) is 3.84. The Morgan fingerprint density at radius 2 is 1.96 bits per heavy atom. The molecule has 0 aliphatic rings. The van der Waals surface area contributed by atoms with Crippen molar-refractivity contribution in [2.75, 3.05) is 18.9 Å². The number of carbonyl (C=O) groups is 2. The van der Waals surface area contributed by atoms with Crippen LogP contribution in [0.25, 0.3) is 0 Å². The summed E-state index contributed by atoms with van der Waals surface area (Å²) in [7, 11) is 0. The smallest absolute Gasteiger partial charge is 0.316 e. The zero-order chi connectivity index (χ0) is 19.6. The van der Waals surface area contributed by atoms with E-state index in [1.165, 1.54) is 17.3 Å². The molecule has 1 N–H and O–H groups in total. The fraction of sp³-hybridized carbons (Fsp3) is 0.300. The Labute approximate surface area is 173 Å². The van der Waals surface area contributed by atoms with Gasteiger partial charge in [-0.25, -0.2) is 0 Å². The summed E-state index contributed by atoms with van der Waals surface area (Å²) in [6.07, 6.45) is 0.571. The first-order valence-electron chi connectivity index (χ1n) is 8.43. The van der Waals surface area contributed by atoms with Gasteiger partial charge in [0, 0.05) is 22.3 Å². The van der Waals surface area contributed by atoms with E-state index in [2.05, 4.69) is 11.4 Å². The second-order valence-corrected chi connectivity index (χ2v) is 7.81. The van der Waals surface area contributed by atoms with Crippen LogP contribution in [0.4, 0.5) is 0 Å². The summed E-state index contributed by atoms with van der Waals surface area (Å²) in [5.74, 6) is 0.201. The van der Waals surface area contributed by atoms with Crippen molar-refractivity contribution in [2.45, 2.75) is 19.1 Å². The molecule has 0 radical (unpaired) electrons. The normalized spacial score (nSPS) is 10.5. The molecule has 0 fully saturated rings. The third-order valence-corrected chi connectivity index (χ3v) is 5.23. The molecule has 0 spiro atoms. The number of benzene rings is 2. The van der Waals surface area contributed by atoms with Crippen LogP contribution < -0.4 is 5.32 Å². The molecule has 4 nitrogen and oxygen atoms in total. The van der Waals surface area contributed by atoms with E-state index in [0.717, 1.165) is 16.9 Å². The van der Waals surface area contributed by atoms with Crippen molar-refractivity contribution in [2.24, 2.45) is 0 Å². The Kier molecular flexibility index (Phi) is 8.98. The predicted octanol–water partition coefficient (Wildman–Crippen LogP) is 4.44.